The average Bonchev–Trinajstić information content (AvgIpc) is 3.35. The lowest BCUT2D eigenvalue weighted by molar-refractivity contribution is 0.914. The predicted octanol–water partition coefficient (Wildman–Crippen LogP) is 3.51. The van der Waals surface area contributed by atoms with E-state index in [0.29, 0.717) is 14.8 Å². The fourth-order valence-electron chi connectivity index (χ4n) is 2.95. The van der Waals surface area contributed by atoms with Crippen LogP contribution < -0.4 is 20.5 Å². The molecule has 1 aliphatic heterocycles. The quantitative estimate of drug-likeness (QED) is 0.527. The molecular weight excluding hydrogens is 544 g/mol. The van der Waals surface area contributed by atoms with Crippen LogP contribution in [-0.2, 0) is 0 Å². The molecule has 2 N–H and O–H groups in total. The maximum absolute atomic E-state index is 13.0. The minimum Gasteiger partial charge on any atom is -0.384 e. The largest absolute Gasteiger partial charge is 0.384 e. The molecule has 4 rings (SSSR count). The number of thiophene rings is 2. The number of nitrogens with two attached hydrogens (primary N) is 1. The number of halogens is 2. The summed E-state index contributed by atoms with van der Waals surface area (Å²) < 4.78 is 4.07. The van der Waals surface area contributed by atoms with Gasteiger partial charge in [-0.3, -0.25) is 9.36 Å². The molecule has 4 heterocycles. The van der Waals surface area contributed by atoms with E-state index in [4.69, 9.17) is 5.73 Å². The molecule has 1 unspecified atom stereocenters. The predicted molar refractivity (Wildman–Crippen MR) is 120 cm³/mol. The standard InChI is InChI=1S/C18H8Br2N4OS3/c19-13-3-1-8(26-13)5-12-17(25)24-16(23)9(6-21)15(10(7-22)18(24)28-12)11-2-4-14(20)27-11/h1-5,15H,23H2/b12-5-. The zero-order valence-corrected chi connectivity index (χ0v) is 19.4. The molecule has 138 valence electrons. The van der Waals surface area contributed by atoms with Gasteiger partial charge < -0.3 is 5.73 Å². The Morgan fingerprint density at radius 1 is 1.04 bits per heavy atom. The lowest BCUT2D eigenvalue weighted by Crippen LogP contribution is -2.38. The second kappa shape index (κ2) is 7.47. The van der Waals surface area contributed by atoms with Crippen molar-refractivity contribution in [2.24, 2.45) is 5.73 Å². The number of hydrogen-bond donors (Lipinski definition) is 1. The van der Waals surface area contributed by atoms with Crippen molar-refractivity contribution in [2.45, 2.75) is 5.92 Å². The lowest BCUT2D eigenvalue weighted by Gasteiger charge is -2.20. The van der Waals surface area contributed by atoms with E-state index in [-0.39, 0.29) is 17.0 Å². The van der Waals surface area contributed by atoms with Crippen molar-refractivity contribution in [3.05, 3.63) is 66.7 Å². The first-order valence-corrected chi connectivity index (χ1v) is 11.8. The summed E-state index contributed by atoms with van der Waals surface area (Å²) >= 11 is 11.0. The fourth-order valence-corrected chi connectivity index (χ4v) is 7.06. The highest BCUT2D eigenvalue weighted by atomic mass is 79.9. The molecule has 0 saturated carbocycles. The van der Waals surface area contributed by atoms with Gasteiger partial charge in [-0.1, -0.05) is 0 Å². The maximum Gasteiger partial charge on any atom is 0.274 e. The summed E-state index contributed by atoms with van der Waals surface area (Å²) in [7, 11) is 0. The van der Waals surface area contributed by atoms with E-state index in [2.05, 4.69) is 44.0 Å². The third-order valence-corrected chi connectivity index (χ3v) is 8.50. The summed E-state index contributed by atoms with van der Waals surface area (Å²) in [6.45, 7) is 0. The van der Waals surface area contributed by atoms with E-state index in [1.165, 1.54) is 38.6 Å². The normalized spacial score (nSPS) is 16.8. The second-order valence-electron chi connectivity index (χ2n) is 5.71. The minimum absolute atomic E-state index is 0.0827. The van der Waals surface area contributed by atoms with E-state index in [1.54, 1.807) is 6.08 Å². The number of allylic oxidation sites excluding steroid dienone is 1. The van der Waals surface area contributed by atoms with Crippen molar-refractivity contribution in [3.8, 4) is 12.1 Å². The monoisotopic (exact) mass is 550 g/mol. The third kappa shape index (κ3) is 3.11. The Bertz CT molecular complexity index is 1410. The molecule has 0 fully saturated rings. The van der Waals surface area contributed by atoms with Crippen molar-refractivity contribution in [3.63, 3.8) is 0 Å². The van der Waals surface area contributed by atoms with E-state index < -0.39 is 5.92 Å². The molecule has 10 heteroatoms. The van der Waals surface area contributed by atoms with Crippen LogP contribution in [0.2, 0.25) is 0 Å². The summed E-state index contributed by atoms with van der Waals surface area (Å²) in [5.74, 6) is -0.493. The van der Waals surface area contributed by atoms with E-state index in [9.17, 15) is 15.3 Å². The molecule has 3 aromatic rings. The van der Waals surface area contributed by atoms with Gasteiger partial charge in [-0.15, -0.1) is 34.0 Å². The zero-order valence-electron chi connectivity index (χ0n) is 13.8. The molecular formula is C18H8Br2N4OS3. The Morgan fingerprint density at radius 3 is 2.29 bits per heavy atom. The van der Waals surface area contributed by atoms with E-state index in [0.717, 1.165) is 17.3 Å². The van der Waals surface area contributed by atoms with Gasteiger partial charge >= 0.3 is 0 Å². The molecule has 1 aliphatic rings. The summed E-state index contributed by atoms with van der Waals surface area (Å²) in [5.41, 5.74) is 6.48. The highest BCUT2D eigenvalue weighted by Gasteiger charge is 2.33. The van der Waals surface area contributed by atoms with Gasteiger partial charge in [-0.05, 0) is 62.2 Å². The van der Waals surface area contributed by atoms with Crippen molar-refractivity contribution in [2.75, 3.05) is 0 Å². The molecule has 0 aliphatic carbocycles. The summed E-state index contributed by atoms with van der Waals surface area (Å²) in [6, 6.07) is 11.9. The molecule has 28 heavy (non-hydrogen) atoms. The summed E-state index contributed by atoms with van der Waals surface area (Å²) in [5, 5.41) is 19.6. The molecule has 0 radical (unpaired) electrons. The molecule has 0 bridgehead atoms. The molecule has 5 nitrogen and oxygen atoms in total. The van der Waals surface area contributed by atoms with Crippen molar-refractivity contribution in [1.82, 2.24) is 4.57 Å². The first-order valence-electron chi connectivity index (χ1n) is 7.73. The summed E-state index contributed by atoms with van der Waals surface area (Å²) in [4.78, 5) is 14.7. The Kier molecular flexibility index (Phi) is 5.17. The zero-order chi connectivity index (χ0) is 20.0. The summed E-state index contributed by atoms with van der Waals surface area (Å²) in [6.07, 6.45) is 1.78. The first kappa shape index (κ1) is 19.4. The van der Waals surface area contributed by atoms with Gasteiger partial charge in [0.2, 0.25) is 0 Å². The maximum atomic E-state index is 13.0. The smallest absolute Gasteiger partial charge is 0.274 e. The van der Waals surface area contributed by atoms with Gasteiger partial charge in [0, 0.05) is 9.75 Å². The average molecular weight is 552 g/mol. The molecule has 3 aromatic heterocycles. The number of rotatable bonds is 2. The highest BCUT2D eigenvalue weighted by Crippen LogP contribution is 2.40. The Morgan fingerprint density at radius 2 is 1.71 bits per heavy atom. The van der Waals surface area contributed by atoms with Gasteiger partial charge in [-0.2, -0.15) is 10.5 Å². The number of thiazole rings is 1. The van der Waals surface area contributed by atoms with Crippen LogP contribution in [-0.4, -0.2) is 4.57 Å². The van der Waals surface area contributed by atoms with Crippen LogP contribution in [0.5, 0.6) is 0 Å². The van der Waals surface area contributed by atoms with E-state index >= 15 is 0 Å². The molecule has 0 aromatic carbocycles. The van der Waals surface area contributed by atoms with Crippen molar-refractivity contribution in [1.29, 1.82) is 10.5 Å². The van der Waals surface area contributed by atoms with Gasteiger partial charge in [0.05, 0.1) is 41.3 Å². The van der Waals surface area contributed by atoms with Crippen LogP contribution in [0.4, 0.5) is 0 Å². The molecule has 1 atom stereocenters. The topological polar surface area (TPSA) is 95.6 Å². The molecule has 0 spiro atoms. The number of aromatic nitrogens is 1. The minimum atomic E-state index is -0.576. The van der Waals surface area contributed by atoms with Crippen LogP contribution in [0.1, 0.15) is 15.7 Å². The second-order valence-corrected chi connectivity index (χ2v) is 11.7. The van der Waals surface area contributed by atoms with Crippen molar-refractivity contribution >= 4 is 83.3 Å². The lowest BCUT2D eigenvalue weighted by atomic mass is 9.89. The van der Waals surface area contributed by atoms with Gasteiger partial charge in [0.1, 0.15) is 10.5 Å². The number of nitriles is 2. The van der Waals surface area contributed by atoms with Crippen LogP contribution in [0.3, 0.4) is 0 Å². The fraction of sp³-hybridized carbons (Fsp3) is 0.0556. The van der Waals surface area contributed by atoms with Crippen LogP contribution in [0.15, 0.2) is 42.2 Å². The highest BCUT2D eigenvalue weighted by molar-refractivity contribution is 9.11. The van der Waals surface area contributed by atoms with Gasteiger partial charge in [0.25, 0.3) is 5.56 Å². The van der Waals surface area contributed by atoms with Crippen LogP contribution in [0.25, 0.3) is 17.5 Å². The van der Waals surface area contributed by atoms with Gasteiger partial charge in [-0.25, -0.2) is 0 Å². The number of nitrogens with zero attached hydrogens (tertiary/aromatic N) is 3. The number of fused-ring (bicyclic) bond motifs is 1. The molecule has 0 amide bonds. The SMILES string of the molecule is N#CC1=C(N)n2c(s/c(=C\c3ccc(Br)s3)c2=O)=C(C#N)C1c1ccc(Br)s1. The van der Waals surface area contributed by atoms with Crippen molar-refractivity contribution < 1.29 is 0 Å². The van der Waals surface area contributed by atoms with E-state index in [1.807, 2.05) is 24.3 Å². The van der Waals surface area contributed by atoms with Gasteiger partial charge in [0.15, 0.2) is 0 Å². The third-order valence-electron chi connectivity index (χ3n) is 4.13. The first-order chi connectivity index (χ1) is 13.4. The Hall–Kier alpha value is -1.95. The Balaban J connectivity index is 2.07. The molecule has 0 saturated heterocycles. The van der Waals surface area contributed by atoms with Crippen LogP contribution >= 0.6 is 65.9 Å². The Labute approximate surface area is 187 Å². The number of hydrogen-bond acceptors (Lipinski definition) is 7. The van der Waals surface area contributed by atoms with Crippen LogP contribution in [0, 0.1) is 22.7 Å².